The van der Waals surface area contributed by atoms with Gasteiger partial charge < -0.3 is 35.7 Å². The van der Waals surface area contributed by atoms with Crippen LogP contribution in [0.15, 0.2) is 0 Å². The molecule has 0 radical (unpaired) electrons. The predicted octanol–water partition coefficient (Wildman–Crippen LogP) is -3.21. The number of quaternary nitrogens is 1. The molecule has 0 saturated heterocycles. The van der Waals surface area contributed by atoms with E-state index < -0.39 is 67.1 Å². The number of aliphatic carboxylic acids is 5. The van der Waals surface area contributed by atoms with Gasteiger partial charge in [0, 0.05) is 26.2 Å². The lowest BCUT2D eigenvalue weighted by molar-refractivity contribution is -0.912. The van der Waals surface area contributed by atoms with Gasteiger partial charge in [0.2, 0.25) is 0 Å². The van der Waals surface area contributed by atoms with Crippen molar-refractivity contribution in [2.24, 2.45) is 5.73 Å². The minimum absolute atomic E-state index is 0.0131. The number of hydrogen-bond donors (Lipinski definition) is 6. The fourth-order valence-corrected chi connectivity index (χ4v) is 3.03. The van der Waals surface area contributed by atoms with E-state index in [1.165, 1.54) is 4.90 Å². The summed E-state index contributed by atoms with van der Waals surface area (Å²) in [6.07, 6.45) is 0. The second-order valence-electron chi connectivity index (χ2n) is 6.85. The first-order chi connectivity index (χ1) is 13.9. The summed E-state index contributed by atoms with van der Waals surface area (Å²) in [5.41, 5.74) is 5.52. The third kappa shape index (κ3) is 12.6. The Labute approximate surface area is 172 Å². The largest absolute Gasteiger partial charge is 0.480 e. The quantitative estimate of drug-likeness (QED) is 0.116. The van der Waals surface area contributed by atoms with E-state index in [0.717, 1.165) is 4.90 Å². The van der Waals surface area contributed by atoms with Gasteiger partial charge in [-0.3, -0.25) is 24.2 Å². The Morgan fingerprint density at radius 2 is 1.00 bits per heavy atom. The SMILES string of the molecule is NCC[N+](CCN(CCN(CC(=O)O)CC(=O)O)CC(=O)O)(CC(=O)O)CC(=O)O. The van der Waals surface area contributed by atoms with Crippen LogP contribution < -0.4 is 5.73 Å². The van der Waals surface area contributed by atoms with Crippen LogP contribution in [-0.2, 0) is 24.0 Å². The van der Waals surface area contributed by atoms with Crippen molar-refractivity contribution in [2.45, 2.75) is 0 Å². The highest BCUT2D eigenvalue weighted by molar-refractivity contribution is 5.72. The molecular formula is C16H29N4O10+. The van der Waals surface area contributed by atoms with Crippen molar-refractivity contribution in [3.63, 3.8) is 0 Å². The molecule has 0 atom stereocenters. The van der Waals surface area contributed by atoms with Crippen molar-refractivity contribution in [1.29, 1.82) is 0 Å². The highest BCUT2D eigenvalue weighted by atomic mass is 16.4. The summed E-state index contributed by atoms with van der Waals surface area (Å²) in [5.74, 6) is -6.16. The zero-order chi connectivity index (χ0) is 23.3. The number of carboxylic acid groups (broad SMARTS) is 5. The Balaban J connectivity index is 5.31. The van der Waals surface area contributed by atoms with Crippen LogP contribution >= 0.6 is 0 Å². The maximum atomic E-state index is 11.2. The van der Waals surface area contributed by atoms with Gasteiger partial charge in [0.15, 0.2) is 13.1 Å². The highest BCUT2D eigenvalue weighted by Crippen LogP contribution is 2.08. The molecule has 0 aromatic rings. The minimum atomic E-state index is -1.25. The van der Waals surface area contributed by atoms with Crippen LogP contribution in [0.4, 0.5) is 0 Å². The van der Waals surface area contributed by atoms with Gasteiger partial charge in [0.25, 0.3) is 0 Å². The smallest absolute Gasteiger partial charge is 0.359 e. The van der Waals surface area contributed by atoms with Crippen LogP contribution in [0.2, 0.25) is 0 Å². The van der Waals surface area contributed by atoms with E-state index >= 15 is 0 Å². The van der Waals surface area contributed by atoms with Crippen molar-refractivity contribution in [3.05, 3.63) is 0 Å². The maximum Gasteiger partial charge on any atom is 0.359 e. The number of nitrogens with zero attached hydrogens (tertiary/aromatic N) is 3. The second-order valence-corrected chi connectivity index (χ2v) is 6.85. The first-order valence-electron chi connectivity index (χ1n) is 8.98. The Bertz CT molecular complexity index is 595. The molecule has 0 spiro atoms. The number of carbonyl (C=O) groups is 5. The molecule has 0 aromatic carbocycles. The van der Waals surface area contributed by atoms with E-state index in [-0.39, 0.29) is 39.3 Å². The maximum absolute atomic E-state index is 11.2. The van der Waals surface area contributed by atoms with E-state index in [4.69, 9.17) is 31.3 Å². The molecule has 14 nitrogen and oxygen atoms in total. The highest BCUT2D eigenvalue weighted by Gasteiger charge is 2.33. The van der Waals surface area contributed by atoms with Crippen LogP contribution in [0.3, 0.4) is 0 Å². The van der Waals surface area contributed by atoms with Crippen LogP contribution in [-0.4, -0.2) is 142 Å². The van der Waals surface area contributed by atoms with E-state index in [1.807, 2.05) is 0 Å². The standard InChI is InChI=1S/C16H28N4O10/c17-1-5-20(10-15(27)28,11-16(29)30)6-4-18(7-12(21)22)2-3-19(8-13(23)24)9-14(25)26/h1-11,17H2,(H4-,21,22,23,24,25,26,27,28,29,30)/p+1. The molecule has 0 rings (SSSR count). The predicted molar refractivity (Wildman–Crippen MR) is 99.8 cm³/mol. The molecule has 0 bridgehead atoms. The van der Waals surface area contributed by atoms with Crippen molar-refractivity contribution in [1.82, 2.24) is 9.80 Å². The molecule has 30 heavy (non-hydrogen) atoms. The van der Waals surface area contributed by atoms with Gasteiger partial charge >= 0.3 is 29.8 Å². The molecule has 14 heteroatoms. The number of hydrogen-bond acceptors (Lipinski definition) is 8. The van der Waals surface area contributed by atoms with Gasteiger partial charge in [0.05, 0.1) is 32.7 Å². The zero-order valence-electron chi connectivity index (χ0n) is 16.5. The topological polar surface area (TPSA) is 219 Å². The molecule has 0 aliphatic rings. The van der Waals surface area contributed by atoms with Gasteiger partial charge in [-0.1, -0.05) is 0 Å². The fraction of sp³-hybridized carbons (Fsp3) is 0.688. The van der Waals surface area contributed by atoms with Gasteiger partial charge in [-0.05, 0) is 0 Å². The molecule has 0 aliphatic heterocycles. The fourth-order valence-electron chi connectivity index (χ4n) is 3.03. The van der Waals surface area contributed by atoms with E-state index in [1.54, 1.807) is 0 Å². The van der Waals surface area contributed by atoms with Crippen LogP contribution in [0, 0.1) is 0 Å². The summed E-state index contributed by atoms with van der Waals surface area (Å²) in [6, 6.07) is 0. The number of nitrogens with two attached hydrogens (primary N) is 1. The molecule has 7 N–H and O–H groups in total. The van der Waals surface area contributed by atoms with Gasteiger partial charge in [0.1, 0.15) is 0 Å². The van der Waals surface area contributed by atoms with Crippen molar-refractivity contribution in [2.75, 3.05) is 72.0 Å². The summed E-state index contributed by atoms with van der Waals surface area (Å²) < 4.78 is -0.398. The first kappa shape index (κ1) is 27.2. The third-order valence-corrected chi connectivity index (χ3v) is 4.24. The lowest BCUT2D eigenvalue weighted by Gasteiger charge is -2.37. The average molecular weight is 437 g/mol. The van der Waals surface area contributed by atoms with Crippen LogP contribution in [0.5, 0.6) is 0 Å². The monoisotopic (exact) mass is 437 g/mol. The van der Waals surface area contributed by atoms with Crippen molar-refractivity contribution < 1.29 is 54.0 Å². The summed E-state index contributed by atoms with van der Waals surface area (Å²) in [6.45, 7) is -2.69. The molecule has 0 heterocycles. The Hall–Kier alpha value is -2.81. The zero-order valence-corrected chi connectivity index (χ0v) is 16.5. The average Bonchev–Trinajstić information content (AvgIpc) is 2.54. The normalized spacial score (nSPS) is 11.6. The molecule has 0 fully saturated rings. The van der Waals surface area contributed by atoms with Gasteiger partial charge in [-0.25, -0.2) is 9.59 Å². The van der Waals surface area contributed by atoms with Gasteiger partial charge in [-0.15, -0.1) is 0 Å². The minimum Gasteiger partial charge on any atom is -0.480 e. The van der Waals surface area contributed by atoms with E-state index in [9.17, 15) is 24.0 Å². The molecule has 0 saturated carbocycles. The lowest BCUT2D eigenvalue weighted by Crippen LogP contribution is -2.59. The molecule has 0 amide bonds. The van der Waals surface area contributed by atoms with Crippen molar-refractivity contribution in [3.8, 4) is 0 Å². The Morgan fingerprint density at radius 1 is 0.600 bits per heavy atom. The number of rotatable bonds is 18. The summed E-state index contributed by atoms with van der Waals surface area (Å²) in [7, 11) is 0. The molecule has 0 aliphatic carbocycles. The van der Waals surface area contributed by atoms with Crippen LogP contribution in [0.25, 0.3) is 0 Å². The third-order valence-electron chi connectivity index (χ3n) is 4.24. The second kappa shape index (κ2) is 13.4. The Morgan fingerprint density at radius 3 is 1.37 bits per heavy atom. The molecule has 172 valence electrons. The molecule has 0 unspecified atom stereocenters. The number of carboxylic acids is 5. The molecular weight excluding hydrogens is 408 g/mol. The first-order valence-corrected chi connectivity index (χ1v) is 8.98. The Kier molecular flexibility index (Phi) is 12.2. The summed E-state index contributed by atoms with van der Waals surface area (Å²) >= 11 is 0. The lowest BCUT2D eigenvalue weighted by atomic mass is 10.2. The van der Waals surface area contributed by atoms with Crippen molar-refractivity contribution >= 4 is 29.8 Å². The van der Waals surface area contributed by atoms with E-state index in [0.29, 0.717) is 0 Å². The molecule has 0 aromatic heterocycles. The van der Waals surface area contributed by atoms with E-state index in [2.05, 4.69) is 0 Å². The van der Waals surface area contributed by atoms with Gasteiger partial charge in [-0.2, -0.15) is 0 Å². The van der Waals surface area contributed by atoms with Crippen LogP contribution in [0.1, 0.15) is 0 Å². The summed E-state index contributed by atoms with van der Waals surface area (Å²) in [5, 5.41) is 45.2. The summed E-state index contributed by atoms with van der Waals surface area (Å²) in [4.78, 5) is 57.9.